The van der Waals surface area contributed by atoms with Gasteiger partial charge in [0.2, 0.25) is 0 Å². The molecule has 0 atom stereocenters. The van der Waals surface area contributed by atoms with E-state index < -0.39 is 34.6 Å². The Bertz CT molecular complexity index is 1190. The number of carbonyl (C=O) groups is 1. The van der Waals surface area contributed by atoms with Crippen LogP contribution < -0.4 is 15.1 Å². The Morgan fingerprint density at radius 3 is 2.34 bits per heavy atom. The third kappa shape index (κ3) is 3.67. The molecule has 1 amide bonds. The Labute approximate surface area is 186 Å². The lowest BCUT2D eigenvalue weighted by Gasteiger charge is -2.30. The van der Waals surface area contributed by atoms with Gasteiger partial charge in [-0.25, -0.2) is 4.39 Å². The van der Waals surface area contributed by atoms with Gasteiger partial charge in [0.25, 0.3) is 5.91 Å². The minimum Gasteiger partial charge on any atom is -0.355 e. The summed E-state index contributed by atoms with van der Waals surface area (Å²) in [4.78, 5) is 14.3. The van der Waals surface area contributed by atoms with Crippen LogP contribution >= 0.6 is 12.2 Å². The summed E-state index contributed by atoms with van der Waals surface area (Å²) in [6, 6.07) is 8.33. The molecule has 11 heteroatoms. The minimum absolute atomic E-state index is 0.0510. The van der Waals surface area contributed by atoms with Crippen molar-refractivity contribution in [1.82, 2.24) is 5.32 Å². The summed E-state index contributed by atoms with van der Waals surface area (Å²) in [6.07, 6.45) is -4.78. The van der Waals surface area contributed by atoms with E-state index in [0.29, 0.717) is 0 Å². The average Bonchev–Trinajstić information content (AvgIpc) is 2.90. The normalized spacial score (nSPS) is 15.7. The van der Waals surface area contributed by atoms with Crippen LogP contribution in [0.2, 0.25) is 0 Å². The van der Waals surface area contributed by atoms with E-state index in [9.17, 15) is 22.4 Å². The molecule has 0 aromatic heterocycles. The predicted octanol–water partition coefficient (Wildman–Crippen LogP) is 4.44. The zero-order valence-corrected chi connectivity index (χ0v) is 18.0. The molecule has 0 spiro atoms. The average molecular weight is 463 g/mol. The lowest BCUT2D eigenvalue weighted by Crippen LogP contribution is -2.44. The highest BCUT2D eigenvalue weighted by Crippen LogP contribution is 2.40. The number of alkyl halides is 3. The molecule has 1 aliphatic heterocycles. The molecular formula is C21H17F4N5OS. The molecule has 0 unspecified atom stereocenters. The van der Waals surface area contributed by atoms with Gasteiger partial charge < -0.3 is 10.2 Å². The summed E-state index contributed by atoms with van der Waals surface area (Å²) < 4.78 is 54.8. The summed E-state index contributed by atoms with van der Waals surface area (Å²) in [6.45, 7) is 3.22. The van der Waals surface area contributed by atoms with Crippen molar-refractivity contribution in [1.29, 1.82) is 10.7 Å². The van der Waals surface area contributed by atoms with Gasteiger partial charge in [-0.15, -0.1) is 0 Å². The minimum atomic E-state index is -4.78. The molecule has 1 aliphatic rings. The van der Waals surface area contributed by atoms with Gasteiger partial charge in [-0.05, 0) is 62.5 Å². The number of amides is 1. The van der Waals surface area contributed by atoms with Gasteiger partial charge in [0.05, 0.1) is 34.0 Å². The molecule has 1 saturated heterocycles. The SMILES string of the molecule is CNC(=O)c1ccc(N2C(=S)N(c3ccc(C#N)c(C(F)(F)F)c3)C(=N)C2(C)C)cc1F. The van der Waals surface area contributed by atoms with Crippen molar-refractivity contribution in [2.24, 2.45) is 0 Å². The number of nitriles is 1. The third-order valence-corrected chi connectivity index (χ3v) is 5.48. The smallest absolute Gasteiger partial charge is 0.355 e. The molecule has 0 aliphatic carbocycles. The Morgan fingerprint density at radius 1 is 1.19 bits per heavy atom. The van der Waals surface area contributed by atoms with Crippen molar-refractivity contribution in [2.45, 2.75) is 25.6 Å². The van der Waals surface area contributed by atoms with Crippen molar-refractivity contribution in [3.05, 3.63) is 58.9 Å². The zero-order valence-electron chi connectivity index (χ0n) is 17.1. The fourth-order valence-corrected chi connectivity index (χ4v) is 3.98. The first-order chi connectivity index (χ1) is 14.8. The number of thiocarbonyl (C=S) groups is 1. The van der Waals surface area contributed by atoms with Gasteiger partial charge >= 0.3 is 6.18 Å². The van der Waals surface area contributed by atoms with Gasteiger partial charge in [-0.2, -0.15) is 18.4 Å². The summed E-state index contributed by atoms with van der Waals surface area (Å²) >= 11 is 5.46. The standard InChI is InChI=1S/C21H17F4N5OS/c1-20(2)18(27)29(12-5-4-11(10-26)15(8-12)21(23,24)25)19(32)30(20)13-6-7-14(16(22)9-13)17(31)28-3/h4-9,27H,1-3H3,(H,28,31). The Balaban J connectivity index is 2.10. The Kier molecular flexibility index (Phi) is 5.69. The number of carbonyl (C=O) groups excluding carboxylic acids is 1. The number of rotatable bonds is 3. The van der Waals surface area contributed by atoms with Crippen molar-refractivity contribution in [3.63, 3.8) is 0 Å². The van der Waals surface area contributed by atoms with E-state index in [0.717, 1.165) is 23.1 Å². The highest BCUT2D eigenvalue weighted by Gasteiger charge is 2.48. The number of hydrogen-bond acceptors (Lipinski definition) is 4. The maximum Gasteiger partial charge on any atom is 0.417 e. The Hall–Kier alpha value is -3.52. The van der Waals surface area contributed by atoms with Crippen molar-refractivity contribution < 1.29 is 22.4 Å². The molecule has 166 valence electrons. The van der Waals surface area contributed by atoms with E-state index in [-0.39, 0.29) is 27.9 Å². The second-order valence-electron chi connectivity index (χ2n) is 7.44. The van der Waals surface area contributed by atoms with E-state index in [4.69, 9.17) is 22.9 Å². The van der Waals surface area contributed by atoms with Gasteiger partial charge in [0, 0.05) is 12.7 Å². The largest absolute Gasteiger partial charge is 0.417 e. The quantitative estimate of drug-likeness (QED) is 0.519. The van der Waals surface area contributed by atoms with Crippen LogP contribution in [0.15, 0.2) is 36.4 Å². The number of anilines is 2. The van der Waals surface area contributed by atoms with Gasteiger partial charge in [-0.1, -0.05) is 0 Å². The molecule has 0 saturated carbocycles. The van der Waals surface area contributed by atoms with Crippen molar-refractivity contribution in [2.75, 3.05) is 16.8 Å². The molecule has 32 heavy (non-hydrogen) atoms. The maximum absolute atomic E-state index is 14.6. The van der Waals surface area contributed by atoms with Crippen LogP contribution in [-0.4, -0.2) is 29.4 Å². The number of nitrogens with zero attached hydrogens (tertiary/aromatic N) is 3. The van der Waals surface area contributed by atoms with Crippen LogP contribution in [0.4, 0.5) is 28.9 Å². The van der Waals surface area contributed by atoms with Gasteiger partial charge in [0.15, 0.2) is 5.11 Å². The van der Waals surface area contributed by atoms with Crippen LogP contribution in [0.25, 0.3) is 0 Å². The third-order valence-electron chi connectivity index (χ3n) is 5.11. The Morgan fingerprint density at radius 2 is 1.81 bits per heavy atom. The lowest BCUT2D eigenvalue weighted by molar-refractivity contribution is -0.137. The molecule has 2 aromatic carbocycles. The molecule has 2 N–H and O–H groups in total. The van der Waals surface area contributed by atoms with E-state index in [1.54, 1.807) is 13.8 Å². The molecule has 2 aromatic rings. The first-order valence-corrected chi connectivity index (χ1v) is 9.61. The predicted molar refractivity (Wildman–Crippen MR) is 115 cm³/mol. The van der Waals surface area contributed by atoms with Gasteiger partial charge in [0.1, 0.15) is 11.7 Å². The summed E-state index contributed by atoms with van der Waals surface area (Å²) in [5.41, 5.74) is -2.87. The summed E-state index contributed by atoms with van der Waals surface area (Å²) in [7, 11) is 1.36. The molecule has 1 fully saturated rings. The van der Waals surface area contributed by atoms with Crippen LogP contribution in [-0.2, 0) is 6.18 Å². The summed E-state index contributed by atoms with van der Waals surface area (Å²) in [5.74, 6) is -1.58. The second kappa shape index (κ2) is 7.87. The van der Waals surface area contributed by atoms with Gasteiger partial charge in [-0.3, -0.25) is 15.1 Å². The molecule has 3 rings (SSSR count). The highest BCUT2D eigenvalue weighted by atomic mass is 32.1. The molecule has 0 radical (unpaired) electrons. The number of hydrogen-bond donors (Lipinski definition) is 2. The van der Waals surface area contributed by atoms with Crippen LogP contribution in [0.5, 0.6) is 0 Å². The van der Waals surface area contributed by atoms with Crippen molar-refractivity contribution >= 4 is 40.4 Å². The summed E-state index contributed by atoms with van der Waals surface area (Å²) in [5, 5.41) is 19.9. The molecule has 6 nitrogen and oxygen atoms in total. The molecule has 0 bridgehead atoms. The monoisotopic (exact) mass is 463 g/mol. The van der Waals surface area contributed by atoms with Crippen molar-refractivity contribution in [3.8, 4) is 6.07 Å². The lowest BCUT2D eigenvalue weighted by atomic mass is 10.0. The topological polar surface area (TPSA) is 83.2 Å². The zero-order chi connectivity index (χ0) is 24.0. The van der Waals surface area contributed by atoms with E-state index in [1.807, 2.05) is 0 Å². The number of benzene rings is 2. The van der Waals surface area contributed by atoms with Crippen LogP contribution in [0, 0.1) is 22.6 Å². The second-order valence-corrected chi connectivity index (χ2v) is 7.81. The van der Waals surface area contributed by atoms with E-state index in [2.05, 4.69) is 5.32 Å². The van der Waals surface area contributed by atoms with Crippen LogP contribution in [0.1, 0.15) is 35.3 Å². The van der Waals surface area contributed by atoms with E-state index >= 15 is 0 Å². The fraction of sp³-hybridized carbons (Fsp3) is 0.238. The first-order valence-electron chi connectivity index (χ1n) is 9.21. The molecule has 1 heterocycles. The van der Waals surface area contributed by atoms with Crippen LogP contribution in [0.3, 0.4) is 0 Å². The number of nitrogens with one attached hydrogen (secondary N) is 2. The maximum atomic E-state index is 14.6. The fourth-order valence-electron chi connectivity index (χ4n) is 3.45. The van der Waals surface area contributed by atoms with E-state index in [1.165, 1.54) is 36.2 Å². The number of halogens is 4. The first kappa shape index (κ1) is 23.1. The molecular weight excluding hydrogens is 446 g/mol. The number of amidine groups is 1. The highest BCUT2D eigenvalue weighted by molar-refractivity contribution is 7.81.